The molecule has 1 N–H and O–H groups in total. The molecule has 3 aromatic rings. The standard InChI is InChI=1S/C21H19Cl2FN2O/c1-12(2)13-4-6-14(7-5-13)17(11-24)25-21(27)19-10-15-18(26(19)3)9-8-16(22)20(15)23/h4-10,17H,1,11H2,2-3H3,(H,25,27). The van der Waals surface area contributed by atoms with Gasteiger partial charge in [0, 0.05) is 18.0 Å². The van der Waals surface area contributed by atoms with Crippen molar-refractivity contribution in [1.29, 1.82) is 0 Å². The zero-order valence-corrected chi connectivity index (χ0v) is 16.5. The van der Waals surface area contributed by atoms with Gasteiger partial charge >= 0.3 is 0 Å². The number of carbonyl (C=O) groups is 1. The van der Waals surface area contributed by atoms with E-state index in [4.69, 9.17) is 23.2 Å². The van der Waals surface area contributed by atoms with Gasteiger partial charge < -0.3 is 9.88 Å². The minimum atomic E-state index is -0.742. The van der Waals surface area contributed by atoms with E-state index >= 15 is 0 Å². The molecular formula is C21H19Cl2FN2O. The maximum atomic E-state index is 13.6. The number of fused-ring (bicyclic) bond motifs is 1. The Morgan fingerprint density at radius 2 is 1.89 bits per heavy atom. The molecule has 27 heavy (non-hydrogen) atoms. The summed E-state index contributed by atoms with van der Waals surface area (Å²) in [6, 6.07) is 11.7. The fraction of sp³-hybridized carbons (Fsp3) is 0.190. The number of aromatic nitrogens is 1. The third-order valence-electron chi connectivity index (χ3n) is 4.61. The molecule has 2 aromatic carbocycles. The highest BCUT2D eigenvalue weighted by Gasteiger charge is 2.20. The van der Waals surface area contributed by atoms with Crippen LogP contribution in [0.5, 0.6) is 0 Å². The van der Waals surface area contributed by atoms with Gasteiger partial charge in [0.15, 0.2) is 0 Å². The molecule has 1 amide bonds. The summed E-state index contributed by atoms with van der Waals surface area (Å²) < 4.78 is 15.3. The van der Waals surface area contributed by atoms with E-state index in [1.807, 2.05) is 19.1 Å². The molecule has 0 aliphatic heterocycles. The van der Waals surface area contributed by atoms with Gasteiger partial charge in [-0.15, -0.1) is 0 Å². The van der Waals surface area contributed by atoms with Crippen LogP contribution in [0.2, 0.25) is 10.0 Å². The number of amides is 1. The van der Waals surface area contributed by atoms with E-state index < -0.39 is 12.7 Å². The second-order valence-electron chi connectivity index (χ2n) is 6.47. The fourth-order valence-electron chi connectivity index (χ4n) is 3.01. The summed E-state index contributed by atoms with van der Waals surface area (Å²) in [6.07, 6.45) is 0. The van der Waals surface area contributed by atoms with Gasteiger partial charge in [0.2, 0.25) is 0 Å². The lowest BCUT2D eigenvalue weighted by molar-refractivity contribution is 0.0922. The normalized spacial score (nSPS) is 12.2. The number of hydrogen-bond donors (Lipinski definition) is 1. The van der Waals surface area contributed by atoms with Crippen LogP contribution < -0.4 is 5.32 Å². The number of halogens is 3. The Hall–Kier alpha value is -2.30. The molecule has 1 heterocycles. The second-order valence-corrected chi connectivity index (χ2v) is 7.25. The maximum absolute atomic E-state index is 13.6. The zero-order chi connectivity index (χ0) is 19.7. The molecule has 140 valence electrons. The molecule has 0 aliphatic carbocycles. The van der Waals surface area contributed by atoms with Crippen LogP contribution in [0.25, 0.3) is 16.5 Å². The van der Waals surface area contributed by atoms with E-state index in [1.54, 1.807) is 41.9 Å². The van der Waals surface area contributed by atoms with Gasteiger partial charge in [0.05, 0.1) is 16.1 Å². The van der Waals surface area contributed by atoms with Crippen molar-refractivity contribution in [3.05, 3.63) is 75.9 Å². The van der Waals surface area contributed by atoms with Gasteiger partial charge in [-0.05, 0) is 36.2 Å². The molecule has 0 saturated carbocycles. The van der Waals surface area contributed by atoms with E-state index in [1.165, 1.54) is 0 Å². The minimum absolute atomic E-state index is 0.381. The van der Waals surface area contributed by atoms with Crippen molar-refractivity contribution in [3.63, 3.8) is 0 Å². The second kappa shape index (κ2) is 7.75. The molecule has 1 atom stereocenters. The van der Waals surface area contributed by atoms with Crippen LogP contribution in [0, 0.1) is 0 Å². The molecule has 3 nitrogen and oxygen atoms in total. The molecule has 1 unspecified atom stereocenters. The first kappa shape index (κ1) is 19.5. The highest BCUT2D eigenvalue weighted by molar-refractivity contribution is 6.45. The van der Waals surface area contributed by atoms with Crippen LogP contribution in [-0.4, -0.2) is 17.1 Å². The fourth-order valence-corrected chi connectivity index (χ4v) is 3.39. The van der Waals surface area contributed by atoms with Gasteiger partial charge in [-0.2, -0.15) is 0 Å². The molecule has 0 aliphatic rings. The number of hydrogen-bond acceptors (Lipinski definition) is 1. The van der Waals surface area contributed by atoms with Crippen molar-refractivity contribution in [2.75, 3.05) is 6.67 Å². The molecule has 1 aromatic heterocycles. The third kappa shape index (κ3) is 3.73. The van der Waals surface area contributed by atoms with Crippen LogP contribution in [-0.2, 0) is 7.05 Å². The predicted octanol–water partition coefficient (Wildman–Crippen LogP) is 5.96. The first-order chi connectivity index (χ1) is 12.8. The van der Waals surface area contributed by atoms with Crippen LogP contribution >= 0.6 is 23.2 Å². The Balaban J connectivity index is 1.89. The van der Waals surface area contributed by atoms with Gasteiger partial charge in [-0.3, -0.25) is 4.79 Å². The highest BCUT2D eigenvalue weighted by Crippen LogP contribution is 2.32. The van der Waals surface area contributed by atoms with Crippen LogP contribution in [0.3, 0.4) is 0 Å². The first-order valence-electron chi connectivity index (χ1n) is 8.39. The van der Waals surface area contributed by atoms with Gasteiger partial charge in [-0.1, -0.05) is 59.6 Å². The number of benzene rings is 2. The zero-order valence-electron chi connectivity index (χ0n) is 15.0. The summed E-state index contributed by atoms with van der Waals surface area (Å²) in [4.78, 5) is 12.8. The molecule has 6 heteroatoms. The molecule has 0 radical (unpaired) electrons. The van der Waals surface area contributed by atoms with Crippen molar-refractivity contribution in [2.45, 2.75) is 13.0 Å². The summed E-state index contributed by atoms with van der Waals surface area (Å²) >= 11 is 12.3. The Bertz CT molecular complexity index is 1020. The molecule has 3 rings (SSSR count). The third-order valence-corrected chi connectivity index (χ3v) is 5.43. The number of alkyl halides is 1. The molecule has 0 fully saturated rings. The number of rotatable bonds is 5. The van der Waals surface area contributed by atoms with Crippen molar-refractivity contribution < 1.29 is 9.18 Å². The smallest absolute Gasteiger partial charge is 0.268 e. The quantitative estimate of drug-likeness (QED) is 0.559. The van der Waals surface area contributed by atoms with Crippen LogP contribution in [0.4, 0.5) is 4.39 Å². The summed E-state index contributed by atoms with van der Waals surface area (Å²) in [5.41, 5.74) is 3.75. The lowest BCUT2D eigenvalue weighted by atomic mass is 10.0. The molecule has 0 saturated heterocycles. The SMILES string of the molecule is C=C(C)c1ccc(C(CF)NC(=O)c2cc3c(Cl)c(Cl)ccc3n2C)cc1. The van der Waals surface area contributed by atoms with E-state index in [2.05, 4.69) is 11.9 Å². The van der Waals surface area contributed by atoms with Crippen molar-refractivity contribution >= 4 is 45.6 Å². The van der Waals surface area contributed by atoms with Gasteiger partial charge in [0.1, 0.15) is 12.4 Å². The predicted molar refractivity (Wildman–Crippen MR) is 110 cm³/mol. The molecular weight excluding hydrogens is 386 g/mol. The maximum Gasteiger partial charge on any atom is 0.268 e. The minimum Gasteiger partial charge on any atom is -0.341 e. The summed E-state index contributed by atoms with van der Waals surface area (Å²) in [5, 5.41) is 4.24. The summed E-state index contributed by atoms with van der Waals surface area (Å²) in [6.45, 7) is 5.08. The van der Waals surface area contributed by atoms with Crippen molar-refractivity contribution in [1.82, 2.24) is 9.88 Å². The number of nitrogens with zero attached hydrogens (tertiary/aromatic N) is 1. The summed E-state index contributed by atoms with van der Waals surface area (Å²) in [5.74, 6) is -0.382. The van der Waals surface area contributed by atoms with Crippen LogP contribution in [0.15, 0.2) is 49.0 Å². The summed E-state index contributed by atoms with van der Waals surface area (Å²) in [7, 11) is 1.76. The lowest BCUT2D eigenvalue weighted by Crippen LogP contribution is -2.31. The largest absolute Gasteiger partial charge is 0.341 e. The Morgan fingerprint density at radius 1 is 1.22 bits per heavy atom. The van der Waals surface area contributed by atoms with E-state index in [0.717, 1.165) is 16.7 Å². The number of carbonyl (C=O) groups excluding carboxylic acids is 1. The van der Waals surface area contributed by atoms with E-state index in [9.17, 15) is 9.18 Å². The number of allylic oxidation sites excluding steroid dienone is 1. The Morgan fingerprint density at radius 3 is 2.48 bits per heavy atom. The first-order valence-corrected chi connectivity index (χ1v) is 9.15. The number of aryl methyl sites for hydroxylation is 1. The van der Waals surface area contributed by atoms with E-state index in [-0.39, 0.29) is 5.91 Å². The average Bonchev–Trinajstić information content (AvgIpc) is 3.00. The van der Waals surface area contributed by atoms with Gasteiger partial charge in [0.25, 0.3) is 5.91 Å². The number of nitrogens with one attached hydrogen (secondary N) is 1. The Labute approximate surface area is 167 Å². The van der Waals surface area contributed by atoms with Gasteiger partial charge in [-0.25, -0.2) is 4.39 Å². The lowest BCUT2D eigenvalue weighted by Gasteiger charge is -2.17. The molecule has 0 bridgehead atoms. The average molecular weight is 405 g/mol. The van der Waals surface area contributed by atoms with Crippen molar-refractivity contribution in [2.24, 2.45) is 7.05 Å². The van der Waals surface area contributed by atoms with E-state index in [0.29, 0.717) is 26.7 Å². The molecule has 0 spiro atoms. The van der Waals surface area contributed by atoms with Crippen molar-refractivity contribution in [3.8, 4) is 0 Å². The van der Waals surface area contributed by atoms with Crippen LogP contribution in [0.1, 0.15) is 34.6 Å². The topological polar surface area (TPSA) is 34.0 Å². The highest BCUT2D eigenvalue weighted by atomic mass is 35.5. The Kier molecular flexibility index (Phi) is 5.59. The monoisotopic (exact) mass is 404 g/mol.